The molecule has 0 aromatic carbocycles. The molecule has 64 valence electrons. The van der Waals surface area contributed by atoms with Crippen LogP contribution in [0.2, 0.25) is 0 Å². The van der Waals surface area contributed by atoms with Gasteiger partial charge in [0.25, 0.3) is 0 Å². The second-order valence-electron chi connectivity index (χ2n) is 2.65. The van der Waals surface area contributed by atoms with E-state index in [2.05, 4.69) is 9.97 Å². The first kappa shape index (κ1) is 7.49. The van der Waals surface area contributed by atoms with E-state index in [9.17, 15) is 0 Å². The average molecular weight is 166 g/mol. The first-order valence-electron chi connectivity index (χ1n) is 3.95. The largest absolute Gasteiger partial charge is 0.472 e. The van der Waals surface area contributed by atoms with Crippen LogP contribution >= 0.6 is 0 Å². The zero-order valence-electron chi connectivity index (χ0n) is 6.64. The van der Waals surface area contributed by atoms with Crippen LogP contribution in [0.25, 0.3) is 0 Å². The van der Waals surface area contributed by atoms with Crippen LogP contribution in [0, 0.1) is 0 Å². The Morgan fingerprint density at radius 2 is 2.58 bits per heavy atom. The third kappa shape index (κ3) is 1.71. The van der Waals surface area contributed by atoms with E-state index in [-0.39, 0.29) is 6.10 Å². The van der Waals surface area contributed by atoms with Gasteiger partial charge < -0.3 is 9.47 Å². The molecule has 0 aliphatic carbocycles. The second-order valence-corrected chi connectivity index (χ2v) is 2.65. The summed E-state index contributed by atoms with van der Waals surface area (Å²) in [6.07, 6.45) is 4.26. The molecular weight excluding hydrogens is 156 g/mol. The third-order valence-electron chi connectivity index (χ3n) is 1.73. The van der Waals surface area contributed by atoms with Gasteiger partial charge in [-0.3, -0.25) is 0 Å². The van der Waals surface area contributed by atoms with E-state index in [0.717, 1.165) is 13.0 Å². The molecule has 0 amide bonds. The molecule has 0 bridgehead atoms. The predicted octanol–water partition coefficient (Wildman–Crippen LogP) is 0.644. The minimum atomic E-state index is 0.167. The first-order chi connectivity index (χ1) is 5.95. The minimum absolute atomic E-state index is 0.167. The number of aromatic nitrogens is 2. The summed E-state index contributed by atoms with van der Waals surface area (Å²) in [7, 11) is 0. The van der Waals surface area contributed by atoms with Gasteiger partial charge in [0.15, 0.2) is 0 Å². The molecule has 4 heteroatoms. The topological polar surface area (TPSA) is 44.2 Å². The van der Waals surface area contributed by atoms with Crippen molar-refractivity contribution >= 4 is 0 Å². The molecule has 1 fully saturated rings. The van der Waals surface area contributed by atoms with Crippen molar-refractivity contribution in [1.29, 1.82) is 0 Å². The van der Waals surface area contributed by atoms with Gasteiger partial charge in [-0.1, -0.05) is 0 Å². The zero-order chi connectivity index (χ0) is 8.23. The highest BCUT2D eigenvalue weighted by Gasteiger charge is 2.17. The van der Waals surface area contributed by atoms with Gasteiger partial charge in [0.05, 0.1) is 13.2 Å². The Kier molecular flexibility index (Phi) is 2.18. The standard InChI is InChI=1S/C8H10N2O2/c1-3-9-6-10-8(1)12-7-2-4-11-5-7/h1,3,6-7H,2,4-5H2/t7-/m0/s1. The van der Waals surface area contributed by atoms with Crippen LogP contribution in [0.3, 0.4) is 0 Å². The minimum Gasteiger partial charge on any atom is -0.472 e. The Balaban J connectivity index is 1.94. The predicted molar refractivity (Wildman–Crippen MR) is 41.9 cm³/mol. The van der Waals surface area contributed by atoms with Gasteiger partial charge in [0.1, 0.15) is 12.4 Å². The van der Waals surface area contributed by atoms with Crippen molar-refractivity contribution < 1.29 is 9.47 Å². The molecule has 1 aliphatic heterocycles. The lowest BCUT2D eigenvalue weighted by Gasteiger charge is -2.09. The number of ether oxygens (including phenoxy) is 2. The number of hydrogen-bond acceptors (Lipinski definition) is 4. The molecule has 12 heavy (non-hydrogen) atoms. The summed E-state index contributed by atoms with van der Waals surface area (Å²) < 4.78 is 10.7. The summed E-state index contributed by atoms with van der Waals surface area (Å²) in [6, 6.07) is 1.75. The van der Waals surface area contributed by atoms with E-state index in [1.807, 2.05) is 0 Å². The summed E-state index contributed by atoms with van der Waals surface area (Å²) in [5.74, 6) is 0.625. The fraction of sp³-hybridized carbons (Fsp3) is 0.500. The molecule has 0 saturated carbocycles. The Morgan fingerprint density at radius 3 is 3.25 bits per heavy atom. The van der Waals surface area contributed by atoms with Gasteiger partial charge >= 0.3 is 0 Å². The van der Waals surface area contributed by atoms with Gasteiger partial charge in [0.2, 0.25) is 5.88 Å². The SMILES string of the molecule is c1cc(O[C@H]2CCOC2)ncn1. The molecule has 0 unspecified atom stereocenters. The highest BCUT2D eigenvalue weighted by molar-refractivity contribution is 5.05. The maximum atomic E-state index is 5.50. The van der Waals surface area contributed by atoms with E-state index in [1.165, 1.54) is 6.33 Å². The number of nitrogens with zero attached hydrogens (tertiary/aromatic N) is 2. The van der Waals surface area contributed by atoms with Gasteiger partial charge in [-0.25, -0.2) is 9.97 Å². The lowest BCUT2D eigenvalue weighted by molar-refractivity contribution is 0.138. The molecule has 0 radical (unpaired) electrons. The highest BCUT2D eigenvalue weighted by atomic mass is 16.5. The number of hydrogen-bond donors (Lipinski definition) is 0. The van der Waals surface area contributed by atoms with E-state index < -0.39 is 0 Å². The van der Waals surface area contributed by atoms with E-state index in [4.69, 9.17) is 9.47 Å². The van der Waals surface area contributed by atoms with Crippen LogP contribution in [0.15, 0.2) is 18.6 Å². The molecule has 2 heterocycles. The molecule has 1 saturated heterocycles. The average Bonchev–Trinajstić information content (AvgIpc) is 2.59. The Hall–Kier alpha value is -1.16. The van der Waals surface area contributed by atoms with Crippen molar-refractivity contribution in [3.63, 3.8) is 0 Å². The van der Waals surface area contributed by atoms with Crippen molar-refractivity contribution in [3.05, 3.63) is 18.6 Å². The molecule has 1 aromatic rings. The molecule has 0 N–H and O–H groups in total. The smallest absolute Gasteiger partial charge is 0.216 e. The Labute approximate surface area is 70.6 Å². The lowest BCUT2D eigenvalue weighted by Crippen LogP contribution is -2.16. The summed E-state index contributed by atoms with van der Waals surface area (Å²) in [5, 5.41) is 0. The maximum Gasteiger partial charge on any atom is 0.216 e. The van der Waals surface area contributed by atoms with Crippen LogP contribution in [-0.4, -0.2) is 29.3 Å². The van der Waals surface area contributed by atoms with E-state index in [0.29, 0.717) is 12.5 Å². The van der Waals surface area contributed by atoms with Crippen LogP contribution in [0.1, 0.15) is 6.42 Å². The van der Waals surface area contributed by atoms with Crippen molar-refractivity contribution in [2.75, 3.05) is 13.2 Å². The van der Waals surface area contributed by atoms with Gasteiger partial charge in [-0.2, -0.15) is 0 Å². The van der Waals surface area contributed by atoms with Crippen LogP contribution in [0.5, 0.6) is 5.88 Å². The molecule has 2 rings (SSSR count). The Bertz CT molecular complexity index is 234. The van der Waals surface area contributed by atoms with Gasteiger partial charge in [-0.05, 0) is 0 Å². The molecule has 1 aliphatic rings. The number of rotatable bonds is 2. The quantitative estimate of drug-likeness (QED) is 0.646. The summed E-state index contributed by atoms with van der Waals surface area (Å²) >= 11 is 0. The van der Waals surface area contributed by atoms with Gasteiger partial charge in [-0.15, -0.1) is 0 Å². The Morgan fingerprint density at radius 1 is 1.58 bits per heavy atom. The third-order valence-corrected chi connectivity index (χ3v) is 1.73. The van der Waals surface area contributed by atoms with Crippen molar-refractivity contribution in [2.45, 2.75) is 12.5 Å². The molecule has 1 aromatic heterocycles. The van der Waals surface area contributed by atoms with Crippen molar-refractivity contribution in [2.24, 2.45) is 0 Å². The molecule has 1 atom stereocenters. The first-order valence-corrected chi connectivity index (χ1v) is 3.95. The van der Waals surface area contributed by atoms with Crippen LogP contribution in [0.4, 0.5) is 0 Å². The monoisotopic (exact) mass is 166 g/mol. The molecule has 0 spiro atoms. The highest BCUT2D eigenvalue weighted by Crippen LogP contribution is 2.12. The van der Waals surface area contributed by atoms with Crippen LogP contribution in [-0.2, 0) is 4.74 Å². The van der Waals surface area contributed by atoms with E-state index >= 15 is 0 Å². The summed E-state index contributed by atoms with van der Waals surface area (Å²) in [6.45, 7) is 1.46. The van der Waals surface area contributed by atoms with E-state index in [1.54, 1.807) is 12.3 Å². The van der Waals surface area contributed by atoms with Gasteiger partial charge in [0, 0.05) is 18.7 Å². The zero-order valence-corrected chi connectivity index (χ0v) is 6.64. The summed E-state index contributed by atoms with van der Waals surface area (Å²) in [4.78, 5) is 7.75. The molecule has 4 nitrogen and oxygen atoms in total. The van der Waals surface area contributed by atoms with Crippen LogP contribution < -0.4 is 4.74 Å². The normalized spacial score (nSPS) is 22.5. The second kappa shape index (κ2) is 3.49. The van der Waals surface area contributed by atoms with Crippen molar-refractivity contribution in [3.8, 4) is 5.88 Å². The fourth-order valence-electron chi connectivity index (χ4n) is 1.12. The lowest BCUT2D eigenvalue weighted by atomic mass is 10.3. The van der Waals surface area contributed by atoms with Crippen molar-refractivity contribution in [1.82, 2.24) is 9.97 Å². The summed E-state index contributed by atoms with van der Waals surface area (Å²) in [5.41, 5.74) is 0. The maximum absolute atomic E-state index is 5.50. The fourth-order valence-corrected chi connectivity index (χ4v) is 1.12. The molecular formula is C8H10N2O2.